The number of ether oxygens (including phenoxy) is 1. The maximum Gasteiger partial charge on any atom is 0.243 e. The quantitative estimate of drug-likeness (QED) is 0.833. The van der Waals surface area contributed by atoms with Gasteiger partial charge in [-0.1, -0.05) is 29.4 Å². The summed E-state index contributed by atoms with van der Waals surface area (Å²) in [6.07, 6.45) is 1.11. The van der Waals surface area contributed by atoms with Crippen LogP contribution in [0.25, 0.3) is 0 Å². The number of nitrogens with zero attached hydrogens (tertiary/aromatic N) is 3. The standard InChI is InChI=1S/C19H28N4O2/c1-14(18-21-17(12-24-4)22-25-18)20-13-19(2,3)23-10-9-15-7-5-6-8-16(15)11-23/h5-8,14,20H,9-13H2,1-4H3. The van der Waals surface area contributed by atoms with Gasteiger partial charge in [-0.05, 0) is 38.3 Å². The maximum absolute atomic E-state index is 5.32. The largest absolute Gasteiger partial charge is 0.377 e. The van der Waals surface area contributed by atoms with Gasteiger partial charge in [0.1, 0.15) is 6.61 Å². The summed E-state index contributed by atoms with van der Waals surface area (Å²) in [6, 6.07) is 8.75. The number of rotatable bonds is 7. The summed E-state index contributed by atoms with van der Waals surface area (Å²) in [7, 11) is 1.62. The lowest BCUT2D eigenvalue weighted by Crippen LogP contribution is -2.52. The number of nitrogens with one attached hydrogen (secondary N) is 1. The highest BCUT2D eigenvalue weighted by atomic mass is 16.5. The fourth-order valence-electron chi connectivity index (χ4n) is 3.25. The molecule has 0 saturated carbocycles. The van der Waals surface area contributed by atoms with Gasteiger partial charge in [0.15, 0.2) is 5.82 Å². The molecule has 6 heteroatoms. The van der Waals surface area contributed by atoms with Crippen LogP contribution >= 0.6 is 0 Å². The van der Waals surface area contributed by atoms with E-state index in [-0.39, 0.29) is 11.6 Å². The lowest BCUT2D eigenvalue weighted by Gasteiger charge is -2.42. The molecular weight excluding hydrogens is 316 g/mol. The fourth-order valence-corrected chi connectivity index (χ4v) is 3.25. The molecule has 3 rings (SSSR count). The number of methoxy groups -OCH3 is 1. The summed E-state index contributed by atoms with van der Waals surface area (Å²) in [5.74, 6) is 1.19. The van der Waals surface area contributed by atoms with Crippen LogP contribution < -0.4 is 5.32 Å². The topological polar surface area (TPSA) is 63.4 Å². The Morgan fingerprint density at radius 3 is 2.84 bits per heavy atom. The highest BCUT2D eigenvalue weighted by Gasteiger charge is 2.30. The van der Waals surface area contributed by atoms with E-state index in [0.717, 1.165) is 26.1 Å². The minimum Gasteiger partial charge on any atom is -0.377 e. The van der Waals surface area contributed by atoms with Gasteiger partial charge in [-0.2, -0.15) is 4.98 Å². The molecule has 0 amide bonds. The minimum absolute atomic E-state index is 0.00876. The molecule has 2 aromatic rings. The second kappa shape index (κ2) is 7.64. The summed E-state index contributed by atoms with van der Waals surface area (Å²) in [4.78, 5) is 6.90. The Balaban J connectivity index is 1.58. The predicted molar refractivity (Wildman–Crippen MR) is 96.1 cm³/mol. The van der Waals surface area contributed by atoms with Crippen molar-refractivity contribution >= 4 is 0 Å². The first kappa shape index (κ1) is 18.0. The molecule has 1 N–H and O–H groups in total. The van der Waals surface area contributed by atoms with Crippen LogP contribution in [0.15, 0.2) is 28.8 Å². The molecule has 0 saturated heterocycles. The average Bonchev–Trinajstić information content (AvgIpc) is 3.08. The van der Waals surface area contributed by atoms with Crippen LogP contribution in [-0.4, -0.2) is 40.8 Å². The van der Waals surface area contributed by atoms with Crippen LogP contribution in [0.3, 0.4) is 0 Å². The highest BCUT2D eigenvalue weighted by Crippen LogP contribution is 2.25. The van der Waals surface area contributed by atoms with Gasteiger partial charge in [0.2, 0.25) is 5.89 Å². The van der Waals surface area contributed by atoms with E-state index in [1.807, 2.05) is 6.92 Å². The predicted octanol–water partition coefficient (Wildman–Crippen LogP) is 2.70. The molecule has 0 spiro atoms. The van der Waals surface area contributed by atoms with Gasteiger partial charge in [0.25, 0.3) is 0 Å². The normalized spacial score (nSPS) is 16.6. The van der Waals surface area contributed by atoms with Crippen molar-refractivity contribution in [3.63, 3.8) is 0 Å². The fraction of sp³-hybridized carbons (Fsp3) is 0.579. The second-order valence-electron chi connectivity index (χ2n) is 7.34. The van der Waals surface area contributed by atoms with Crippen LogP contribution in [0.5, 0.6) is 0 Å². The summed E-state index contributed by atoms with van der Waals surface area (Å²) < 4.78 is 10.4. The second-order valence-corrected chi connectivity index (χ2v) is 7.34. The van der Waals surface area contributed by atoms with E-state index in [4.69, 9.17) is 9.26 Å². The van der Waals surface area contributed by atoms with E-state index >= 15 is 0 Å². The summed E-state index contributed by atoms with van der Waals surface area (Å²) in [5, 5.41) is 7.46. The highest BCUT2D eigenvalue weighted by molar-refractivity contribution is 5.29. The van der Waals surface area contributed by atoms with E-state index in [2.05, 4.69) is 58.5 Å². The van der Waals surface area contributed by atoms with Gasteiger partial charge in [-0.3, -0.25) is 4.90 Å². The molecule has 6 nitrogen and oxygen atoms in total. The Bertz CT molecular complexity index is 698. The Morgan fingerprint density at radius 1 is 1.32 bits per heavy atom. The third-order valence-corrected chi connectivity index (χ3v) is 4.96. The van der Waals surface area contributed by atoms with Gasteiger partial charge in [-0.25, -0.2) is 0 Å². The van der Waals surface area contributed by atoms with E-state index in [0.29, 0.717) is 18.3 Å². The lowest BCUT2D eigenvalue weighted by atomic mass is 9.94. The van der Waals surface area contributed by atoms with E-state index in [9.17, 15) is 0 Å². The lowest BCUT2D eigenvalue weighted by molar-refractivity contribution is 0.0989. The average molecular weight is 344 g/mol. The molecule has 1 atom stereocenters. The third-order valence-electron chi connectivity index (χ3n) is 4.96. The van der Waals surface area contributed by atoms with E-state index in [1.54, 1.807) is 7.11 Å². The van der Waals surface area contributed by atoms with Gasteiger partial charge in [0, 0.05) is 32.3 Å². The molecule has 136 valence electrons. The Labute approximate surface area is 149 Å². The summed E-state index contributed by atoms with van der Waals surface area (Å²) >= 11 is 0. The van der Waals surface area contributed by atoms with Crippen molar-refractivity contribution in [2.45, 2.75) is 51.9 Å². The molecule has 1 aliphatic heterocycles. The zero-order valence-electron chi connectivity index (χ0n) is 15.6. The number of hydrogen-bond acceptors (Lipinski definition) is 6. The van der Waals surface area contributed by atoms with Crippen molar-refractivity contribution in [3.8, 4) is 0 Å². The van der Waals surface area contributed by atoms with Crippen LogP contribution in [0.4, 0.5) is 0 Å². The van der Waals surface area contributed by atoms with Crippen molar-refractivity contribution in [3.05, 3.63) is 47.1 Å². The molecule has 25 heavy (non-hydrogen) atoms. The molecular formula is C19H28N4O2. The summed E-state index contributed by atoms with van der Waals surface area (Å²) in [5.41, 5.74) is 2.96. The van der Waals surface area contributed by atoms with E-state index < -0.39 is 0 Å². The zero-order valence-corrected chi connectivity index (χ0v) is 15.6. The van der Waals surface area contributed by atoms with Crippen molar-refractivity contribution in [1.29, 1.82) is 0 Å². The molecule has 0 aliphatic carbocycles. The smallest absolute Gasteiger partial charge is 0.243 e. The third kappa shape index (κ3) is 4.26. The first-order chi connectivity index (χ1) is 12.0. The van der Waals surface area contributed by atoms with Crippen molar-refractivity contribution in [2.75, 3.05) is 20.2 Å². The Morgan fingerprint density at radius 2 is 2.08 bits per heavy atom. The van der Waals surface area contributed by atoms with Crippen molar-refractivity contribution in [1.82, 2.24) is 20.4 Å². The number of aromatic nitrogens is 2. The van der Waals surface area contributed by atoms with Crippen molar-refractivity contribution in [2.24, 2.45) is 0 Å². The minimum atomic E-state index is 0.00876. The van der Waals surface area contributed by atoms with Gasteiger partial charge in [0.05, 0.1) is 6.04 Å². The molecule has 0 fully saturated rings. The van der Waals surface area contributed by atoms with Gasteiger partial charge >= 0.3 is 0 Å². The number of fused-ring (bicyclic) bond motifs is 1. The molecule has 0 bridgehead atoms. The first-order valence-electron chi connectivity index (χ1n) is 8.86. The number of benzene rings is 1. The Hall–Kier alpha value is -1.76. The summed E-state index contributed by atoms with van der Waals surface area (Å²) in [6.45, 7) is 9.91. The number of hydrogen-bond donors (Lipinski definition) is 1. The van der Waals surface area contributed by atoms with E-state index in [1.165, 1.54) is 11.1 Å². The monoisotopic (exact) mass is 344 g/mol. The molecule has 2 heterocycles. The molecule has 1 aromatic heterocycles. The van der Waals surface area contributed by atoms with Crippen LogP contribution in [-0.2, 0) is 24.3 Å². The molecule has 1 aliphatic rings. The molecule has 1 unspecified atom stereocenters. The molecule has 1 aromatic carbocycles. The van der Waals surface area contributed by atoms with Crippen LogP contribution in [0.2, 0.25) is 0 Å². The van der Waals surface area contributed by atoms with Crippen LogP contribution in [0.1, 0.15) is 49.7 Å². The molecule has 0 radical (unpaired) electrons. The van der Waals surface area contributed by atoms with Crippen LogP contribution in [0, 0.1) is 0 Å². The maximum atomic E-state index is 5.32. The van der Waals surface area contributed by atoms with Crippen molar-refractivity contribution < 1.29 is 9.26 Å². The SMILES string of the molecule is COCc1noc(C(C)NCC(C)(C)N2CCc3ccccc3C2)n1. The van der Waals surface area contributed by atoms with Gasteiger partial charge in [-0.15, -0.1) is 0 Å². The Kier molecular flexibility index (Phi) is 5.51. The van der Waals surface area contributed by atoms with Gasteiger partial charge < -0.3 is 14.6 Å². The zero-order chi connectivity index (χ0) is 17.9. The first-order valence-corrected chi connectivity index (χ1v) is 8.86.